The Morgan fingerprint density at radius 3 is 2.82 bits per heavy atom. The molecule has 0 aliphatic carbocycles. The molecule has 1 aromatic heterocycles. The summed E-state index contributed by atoms with van der Waals surface area (Å²) in [5.74, 6) is 0.910. The zero-order valence-electron chi connectivity index (χ0n) is 6.19. The average molecular weight is 154 g/mol. The van der Waals surface area contributed by atoms with E-state index in [4.69, 9.17) is 9.15 Å². The van der Waals surface area contributed by atoms with Crippen molar-refractivity contribution in [3.05, 3.63) is 12.7 Å². The summed E-state index contributed by atoms with van der Waals surface area (Å²) in [6.45, 7) is 3.39. The summed E-state index contributed by atoms with van der Waals surface area (Å²) in [6, 6.07) is 0. The van der Waals surface area contributed by atoms with Crippen LogP contribution in [-0.4, -0.2) is 31.3 Å². The van der Waals surface area contributed by atoms with Gasteiger partial charge in [0.2, 0.25) is 0 Å². The molecule has 1 aliphatic rings. The molecule has 0 spiro atoms. The SMILES string of the molecule is c1nc(N2CCOCC2)co1. The van der Waals surface area contributed by atoms with Gasteiger partial charge in [0.15, 0.2) is 12.2 Å². The third-order valence-electron chi connectivity index (χ3n) is 1.75. The lowest BCUT2D eigenvalue weighted by Gasteiger charge is -2.25. The molecule has 0 saturated carbocycles. The van der Waals surface area contributed by atoms with Crippen LogP contribution in [-0.2, 0) is 4.74 Å². The van der Waals surface area contributed by atoms with Gasteiger partial charge in [-0.25, -0.2) is 0 Å². The Labute approximate surface area is 64.8 Å². The first-order chi connectivity index (χ1) is 5.47. The minimum absolute atomic E-state index is 0.785. The van der Waals surface area contributed by atoms with Crippen LogP contribution >= 0.6 is 0 Å². The molecule has 1 fully saturated rings. The zero-order chi connectivity index (χ0) is 7.52. The highest BCUT2D eigenvalue weighted by molar-refractivity contribution is 5.34. The van der Waals surface area contributed by atoms with Gasteiger partial charge in [0, 0.05) is 13.1 Å². The fraction of sp³-hybridized carbons (Fsp3) is 0.571. The van der Waals surface area contributed by atoms with Crippen LogP contribution in [0.3, 0.4) is 0 Å². The molecule has 4 nitrogen and oxygen atoms in total. The van der Waals surface area contributed by atoms with Gasteiger partial charge in [0.1, 0.15) is 6.26 Å². The lowest BCUT2D eigenvalue weighted by Crippen LogP contribution is -2.36. The van der Waals surface area contributed by atoms with Crippen LogP contribution in [0.15, 0.2) is 17.1 Å². The summed E-state index contributed by atoms with van der Waals surface area (Å²) in [6.07, 6.45) is 3.11. The van der Waals surface area contributed by atoms with Gasteiger partial charge in [0.25, 0.3) is 0 Å². The third-order valence-corrected chi connectivity index (χ3v) is 1.75. The van der Waals surface area contributed by atoms with Crippen LogP contribution < -0.4 is 4.90 Å². The van der Waals surface area contributed by atoms with Crippen LogP contribution in [0, 0.1) is 0 Å². The monoisotopic (exact) mass is 154 g/mol. The number of nitrogens with zero attached hydrogens (tertiary/aromatic N) is 2. The van der Waals surface area contributed by atoms with E-state index in [1.807, 2.05) is 0 Å². The molecule has 0 atom stereocenters. The lowest BCUT2D eigenvalue weighted by atomic mass is 10.4. The van der Waals surface area contributed by atoms with Crippen LogP contribution in [0.1, 0.15) is 0 Å². The van der Waals surface area contributed by atoms with E-state index < -0.39 is 0 Å². The molecule has 60 valence electrons. The van der Waals surface area contributed by atoms with E-state index >= 15 is 0 Å². The van der Waals surface area contributed by atoms with Crippen molar-refractivity contribution in [2.24, 2.45) is 0 Å². The maximum atomic E-state index is 5.20. The molecule has 0 bridgehead atoms. The summed E-state index contributed by atoms with van der Waals surface area (Å²) in [7, 11) is 0. The van der Waals surface area contributed by atoms with Crippen molar-refractivity contribution in [1.82, 2.24) is 4.98 Å². The van der Waals surface area contributed by atoms with E-state index in [9.17, 15) is 0 Å². The van der Waals surface area contributed by atoms with Gasteiger partial charge in [-0.3, -0.25) is 0 Å². The molecule has 2 heterocycles. The second-order valence-electron chi connectivity index (χ2n) is 2.45. The first kappa shape index (κ1) is 6.67. The summed E-state index contributed by atoms with van der Waals surface area (Å²) in [4.78, 5) is 6.19. The standard InChI is InChI=1S/C7H10N2O2/c1-3-10-4-2-9(1)7-5-11-6-8-7/h5-6H,1-4H2. The van der Waals surface area contributed by atoms with Crippen LogP contribution in [0.2, 0.25) is 0 Å². The van der Waals surface area contributed by atoms with Gasteiger partial charge in [-0.2, -0.15) is 4.98 Å². The largest absolute Gasteiger partial charge is 0.449 e. The Balaban J connectivity index is 2.04. The summed E-state index contributed by atoms with van der Waals surface area (Å²) in [5, 5.41) is 0. The molecule has 0 aromatic carbocycles. The Morgan fingerprint density at radius 2 is 2.18 bits per heavy atom. The second kappa shape index (κ2) is 2.92. The molecule has 0 N–H and O–H groups in total. The predicted molar refractivity (Wildman–Crippen MR) is 39.5 cm³/mol. The number of ether oxygens (including phenoxy) is 1. The molecular weight excluding hydrogens is 144 g/mol. The number of hydrogen-bond donors (Lipinski definition) is 0. The molecule has 1 aromatic rings. The highest BCUT2D eigenvalue weighted by Crippen LogP contribution is 2.11. The normalized spacial score (nSPS) is 18.7. The van der Waals surface area contributed by atoms with Gasteiger partial charge in [0.05, 0.1) is 13.2 Å². The van der Waals surface area contributed by atoms with Gasteiger partial charge in [-0.1, -0.05) is 0 Å². The number of morpholine rings is 1. The topological polar surface area (TPSA) is 38.5 Å². The smallest absolute Gasteiger partial charge is 0.182 e. The van der Waals surface area contributed by atoms with Crippen LogP contribution in [0.4, 0.5) is 5.82 Å². The fourth-order valence-electron chi connectivity index (χ4n) is 1.15. The Hall–Kier alpha value is -1.03. The third kappa shape index (κ3) is 1.35. The molecule has 0 radical (unpaired) electrons. The van der Waals surface area contributed by atoms with E-state index in [2.05, 4.69) is 9.88 Å². The van der Waals surface area contributed by atoms with Crippen molar-refractivity contribution in [1.29, 1.82) is 0 Å². The van der Waals surface area contributed by atoms with Gasteiger partial charge in [-0.05, 0) is 0 Å². The number of hydrogen-bond acceptors (Lipinski definition) is 4. The van der Waals surface area contributed by atoms with Crippen molar-refractivity contribution in [2.75, 3.05) is 31.2 Å². The molecular formula is C7H10N2O2. The molecule has 11 heavy (non-hydrogen) atoms. The van der Waals surface area contributed by atoms with Gasteiger partial charge < -0.3 is 14.1 Å². The molecule has 0 amide bonds. The maximum absolute atomic E-state index is 5.20. The quantitative estimate of drug-likeness (QED) is 0.590. The summed E-state index contributed by atoms with van der Waals surface area (Å²) < 4.78 is 10.1. The number of anilines is 1. The van der Waals surface area contributed by atoms with Crippen molar-refractivity contribution < 1.29 is 9.15 Å². The summed E-state index contributed by atoms with van der Waals surface area (Å²) in [5.41, 5.74) is 0. The zero-order valence-corrected chi connectivity index (χ0v) is 6.19. The van der Waals surface area contributed by atoms with E-state index in [-0.39, 0.29) is 0 Å². The molecule has 4 heteroatoms. The van der Waals surface area contributed by atoms with E-state index in [0.717, 1.165) is 32.1 Å². The molecule has 0 unspecified atom stereocenters. The van der Waals surface area contributed by atoms with E-state index in [1.54, 1.807) is 6.26 Å². The van der Waals surface area contributed by atoms with Crippen molar-refractivity contribution >= 4 is 5.82 Å². The van der Waals surface area contributed by atoms with E-state index in [1.165, 1.54) is 6.39 Å². The first-order valence-corrected chi connectivity index (χ1v) is 3.68. The number of oxazole rings is 1. The summed E-state index contributed by atoms with van der Waals surface area (Å²) >= 11 is 0. The first-order valence-electron chi connectivity index (χ1n) is 3.68. The predicted octanol–water partition coefficient (Wildman–Crippen LogP) is 0.511. The van der Waals surface area contributed by atoms with Crippen LogP contribution in [0.25, 0.3) is 0 Å². The van der Waals surface area contributed by atoms with Crippen molar-refractivity contribution in [2.45, 2.75) is 0 Å². The average Bonchev–Trinajstić information content (AvgIpc) is 2.58. The number of rotatable bonds is 1. The second-order valence-corrected chi connectivity index (χ2v) is 2.45. The molecule has 1 saturated heterocycles. The highest BCUT2D eigenvalue weighted by Gasteiger charge is 2.12. The van der Waals surface area contributed by atoms with Gasteiger partial charge >= 0.3 is 0 Å². The Bertz CT molecular complexity index is 204. The Kier molecular flexibility index (Phi) is 1.77. The van der Waals surface area contributed by atoms with Crippen LogP contribution in [0.5, 0.6) is 0 Å². The van der Waals surface area contributed by atoms with Crippen molar-refractivity contribution in [3.8, 4) is 0 Å². The number of aromatic nitrogens is 1. The highest BCUT2D eigenvalue weighted by atomic mass is 16.5. The molecule has 1 aliphatic heterocycles. The Morgan fingerprint density at radius 1 is 1.36 bits per heavy atom. The van der Waals surface area contributed by atoms with Crippen molar-refractivity contribution in [3.63, 3.8) is 0 Å². The van der Waals surface area contributed by atoms with Gasteiger partial charge in [-0.15, -0.1) is 0 Å². The maximum Gasteiger partial charge on any atom is 0.182 e. The fourth-order valence-corrected chi connectivity index (χ4v) is 1.15. The lowest BCUT2D eigenvalue weighted by molar-refractivity contribution is 0.122. The minimum Gasteiger partial charge on any atom is -0.449 e. The molecule has 2 rings (SSSR count). The van der Waals surface area contributed by atoms with E-state index in [0.29, 0.717) is 0 Å². The minimum atomic E-state index is 0.785.